The van der Waals surface area contributed by atoms with Crippen molar-refractivity contribution in [3.63, 3.8) is 0 Å². The first-order valence-corrected chi connectivity index (χ1v) is 6.15. The Hall–Kier alpha value is -1.72. The van der Waals surface area contributed by atoms with Crippen LogP contribution in [0.3, 0.4) is 0 Å². The van der Waals surface area contributed by atoms with Gasteiger partial charge in [-0.15, -0.1) is 5.10 Å². The van der Waals surface area contributed by atoms with Gasteiger partial charge in [-0.05, 0) is 26.7 Å². The number of anilines is 1. The molecule has 2 rings (SSSR count). The molecule has 0 spiro atoms. The maximum Gasteiger partial charge on any atom is 0.311 e. The van der Waals surface area contributed by atoms with Crippen LogP contribution in [0.15, 0.2) is 0 Å². The van der Waals surface area contributed by atoms with E-state index in [0.29, 0.717) is 31.9 Å². The highest BCUT2D eigenvalue weighted by atomic mass is 16.4. The molecule has 1 aromatic heterocycles. The molecule has 18 heavy (non-hydrogen) atoms. The molecule has 1 unspecified atom stereocenters. The van der Waals surface area contributed by atoms with Gasteiger partial charge in [-0.3, -0.25) is 4.79 Å². The summed E-state index contributed by atoms with van der Waals surface area (Å²) in [5.74, 6) is -0.195. The highest BCUT2D eigenvalue weighted by molar-refractivity contribution is 5.76. The Labute approximate surface area is 106 Å². The van der Waals surface area contributed by atoms with Crippen molar-refractivity contribution in [2.45, 2.75) is 33.6 Å². The highest BCUT2D eigenvalue weighted by Crippen LogP contribution is 2.35. The summed E-state index contributed by atoms with van der Waals surface area (Å²) >= 11 is 0. The third-order valence-corrected chi connectivity index (χ3v) is 3.85. The van der Waals surface area contributed by atoms with Crippen LogP contribution in [-0.2, 0) is 4.79 Å². The Morgan fingerprint density at radius 2 is 2.11 bits per heavy atom. The lowest BCUT2D eigenvalue weighted by molar-refractivity contribution is -0.147. The van der Waals surface area contributed by atoms with Crippen LogP contribution in [0.1, 0.15) is 31.2 Å². The zero-order valence-corrected chi connectivity index (χ0v) is 11.0. The number of aryl methyl sites for hydroxylation is 2. The number of rotatable bonds is 3. The lowest BCUT2D eigenvalue weighted by Gasteiger charge is -2.22. The number of hydrogen-bond acceptors (Lipinski definition) is 5. The molecule has 0 amide bonds. The molecular formula is C12H18N4O2. The van der Waals surface area contributed by atoms with Gasteiger partial charge in [-0.2, -0.15) is 5.10 Å². The minimum atomic E-state index is -0.732. The number of hydrogen-bond donors (Lipinski definition) is 1. The molecule has 1 aromatic rings. The molecule has 0 saturated carbocycles. The van der Waals surface area contributed by atoms with Crippen LogP contribution in [-0.4, -0.2) is 39.3 Å². The van der Waals surface area contributed by atoms with E-state index in [4.69, 9.17) is 0 Å². The first-order valence-electron chi connectivity index (χ1n) is 6.15. The first kappa shape index (κ1) is 12.7. The van der Waals surface area contributed by atoms with Crippen molar-refractivity contribution < 1.29 is 9.90 Å². The maximum absolute atomic E-state index is 11.4. The minimum absolute atomic E-state index is 0.461. The summed E-state index contributed by atoms with van der Waals surface area (Å²) in [6.45, 7) is 6.79. The molecule has 0 radical (unpaired) electrons. The van der Waals surface area contributed by atoms with E-state index >= 15 is 0 Å². The second-order valence-electron chi connectivity index (χ2n) is 4.89. The van der Waals surface area contributed by atoms with Crippen molar-refractivity contribution in [3.8, 4) is 0 Å². The smallest absolute Gasteiger partial charge is 0.311 e. The highest BCUT2D eigenvalue weighted by Gasteiger charge is 2.44. The standard InChI is InChI=1S/C12H18N4O2/c1-4-12(10(17)18)5-6-16(7-12)11-13-8(2)9(3)14-15-11/h4-7H2,1-3H3,(H,17,18). The van der Waals surface area contributed by atoms with Gasteiger partial charge in [0.2, 0.25) is 5.95 Å². The van der Waals surface area contributed by atoms with Crippen molar-refractivity contribution in [3.05, 3.63) is 11.4 Å². The molecule has 1 saturated heterocycles. The second-order valence-corrected chi connectivity index (χ2v) is 4.89. The average molecular weight is 250 g/mol. The van der Waals surface area contributed by atoms with E-state index in [1.165, 1.54) is 0 Å². The molecule has 1 aliphatic rings. The largest absolute Gasteiger partial charge is 0.481 e. The van der Waals surface area contributed by atoms with Crippen LogP contribution in [0.4, 0.5) is 5.95 Å². The molecule has 1 atom stereocenters. The van der Waals surface area contributed by atoms with Gasteiger partial charge in [0.15, 0.2) is 0 Å². The first-order chi connectivity index (χ1) is 8.48. The topological polar surface area (TPSA) is 79.2 Å². The van der Waals surface area contributed by atoms with Gasteiger partial charge in [0.1, 0.15) is 0 Å². The normalized spacial score (nSPS) is 23.4. The number of aromatic nitrogens is 3. The van der Waals surface area contributed by atoms with E-state index in [-0.39, 0.29) is 0 Å². The third kappa shape index (κ3) is 2.02. The molecule has 6 nitrogen and oxygen atoms in total. The van der Waals surface area contributed by atoms with E-state index in [1.807, 2.05) is 25.7 Å². The van der Waals surface area contributed by atoms with Crippen molar-refractivity contribution >= 4 is 11.9 Å². The van der Waals surface area contributed by atoms with E-state index < -0.39 is 11.4 Å². The molecule has 0 aliphatic carbocycles. The summed E-state index contributed by atoms with van der Waals surface area (Å²) in [7, 11) is 0. The van der Waals surface area contributed by atoms with Gasteiger partial charge >= 0.3 is 5.97 Å². The summed E-state index contributed by atoms with van der Waals surface area (Å²) < 4.78 is 0. The van der Waals surface area contributed by atoms with Gasteiger partial charge in [0, 0.05) is 13.1 Å². The molecule has 0 bridgehead atoms. The molecule has 6 heteroatoms. The summed E-state index contributed by atoms with van der Waals surface area (Å²) in [4.78, 5) is 17.7. The van der Waals surface area contributed by atoms with E-state index in [9.17, 15) is 9.90 Å². The SMILES string of the molecule is CCC1(C(=O)O)CCN(c2nnc(C)c(C)n2)C1. The van der Waals surface area contributed by atoms with Gasteiger partial charge < -0.3 is 10.0 Å². The third-order valence-electron chi connectivity index (χ3n) is 3.85. The molecule has 1 aliphatic heterocycles. The van der Waals surface area contributed by atoms with Crippen LogP contribution in [0.5, 0.6) is 0 Å². The molecule has 98 valence electrons. The van der Waals surface area contributed by atoms with E-state index in [1.54, 1.807) is 0 Å². The van der Waals surface area contributed by atoms with Crippen molar-refractivity contribution in [2.75, 3.05) is 18.0 Å². The quantitative estimate of drug-likeness (QED) is 0.867. The Kier molecular flexibility index (Phi) is 3.19. The fourth-order valence-corrected chi connectivity index (χ4v) is 2.24. The van der Waals surface area contributed by atoms with Crippen molar-refractivity contribution in [2.24, 2.45) is 5.41 Å². The molecule has 1 fully saturated rings. The number of nitrogens with zero attached hydrogens (tertiary/aromatic N) is 4. The number of carboxylic acid groups (broad SMARTS) is 1. The fourth-order valence-electron chi connectivity index (χ4n) is 2.24. The lowest BCUT2D eigenvalue weighted by Crippen LogP contribution is -2.34. The molecule has 2 heterocycles. The predicted molar refractivity (Wildman–Crippen MR) is 66.5 cm³/mol. The van der Waals surface area contributed by atoms with E-state index in [0.717, 1.165) is 11.4 Å². The molecule has 1 N–H and O–H groups in total. The summed E-state index contributed by atoms with van der Waals surface area (Å²) in [6, 6.07) is 0. The van der Waals surface area contributed by atoms with Crippen LogP contribution in [0, 0.1) is 19.3 Å². The Morgan fingerprint density at radius 1 is 1.39 bits per heavy atom. The maximum atomic E-state index is 11.4. The summed E-state index contributed by atoms with van der Waals surface area (Å²) in [6.07, 6.45) is 1.26. The van der Waals surface area contributed by atoms with E-state index in [2.05, 4.69) is 15.2 Å². The average Bonchev–Trinajstić information content (AvgIpc) is 2.78. The predicted octanol–water partition coefficient (Wildman–Crippen LogP) is 1.18. The zero-order chi connectivity index (χ0) is 13.3. The Balaban J connectivity index is 2.22. The van der Waals surface area contributed by atoms with Gasteiger partial charge in [-0.25, -0.2) is 4.98 Å². The van der Waals surface area contributed by atoms with Gasteiger partial charge in [0.05, 0.1) is 16.8 Å². The number of carbonyl (C=O) groups is 1. The summed E-state index contributed by atoms with van der Waals surface area (Å²) in [5, 5.41) is 17.4. The van der Waals surface area contributed by atoms with Crippen LogP contribution in [0.25, 0.3) is 0 Å². The van der Waals surface area contributed by atoms with Crippen molar-refractivity contribution in [1.82, 2.24) is 15.2 Å². The Morgan fingerprint density at radius 3 is 2.61 bits per heavy atom. The second kappa shape index (κ2) is 4.51. The molecular weight excluding hydrogens is 232 g/mol. The zero-order valence-electron chi connectivity index (χ0n) is 11.0. The van der Waals surface area contributed by atoms with Gasteiger partial charge in [-0.1, -0.05) is 6.92 Å². The van der Waals surface area contributed by atoms with Crippen LogP contribution < -0.4 is 4.90 Å². The lowest BCUT2D eigenvalue weighted by atomic mass is 9.84. The Bertz CT molecular complexity index is 477. The van der Waals surface area contributed by atoms with Crippen molar-refractivity contribution in [1.29, 1.82) is 0 Å². The number of carboxylic acids is 1. The summed E-state index contributed by atoms with van der Waals surface area (Å²) in [5.41, 5.74) is 0.976. The minimum Gasteiger partial charge on any atom is -0.481 e. The monoisotopic (exact) mass is 250 g/mol. The van der Waals surface area contributed by atoms with Crippen LogP contribution >= 0.6 is 0 Å². The fraction of sp³-hybridized carbons (Fsp3) is 0.667. The van der Waals surface area contributed by atoms with Gasteiger partial charge in [0.25, 0.3) is 0 Å². The number of aliphatic carboxylic acids is 1. The van der Waals surface area contributed by atoms with Crippen LogP contribution in [0.2, 0.25) is 0 Å². The molecule has 0 aromatic carbocycles.